The summed E-state index contributed by atoms with van der Waals surface area (Å²) in [6, 6.07) is 2.12. The van der Waals surface area contributed by atoms with E-state index in [-0.39, 0.29) is 11.9 Å². The van der Waals surface area contributed by atoms with Crippen molar-refractivity contribution in [2.75, 3.05) is 6.54 Å². The number of carbonyl (C=O) groups is 1. The number of carbonyl (C=O) groups excluding carboxylic acids is 1. The van der Waals surface area contributed by atoms with Gasteiger partial charge in [0.1, 0.15) is 0 Å². The number of H-pyrrole nitrogens is 1. The van der Waals surface area contributed by atoms with E-state index in [1.807, 2.05) is 19.9 Å². The number of hydrogen-bond donors (Lipinski definition) is 3. The third kappa shape index (κ3) is 5.17. The van der Waals surface area contributed by atoms with Gasteiger partial charge >= 0.3 is 0 Å². The van der Waals surface area contributed by atoms with Gasteiger partial charge in [-0.2, -0.15) is 5.10 Å². The molecule has 84 valence electrons. The third-order valence-electron chi connectivity index (χ3n) is 1.85. The van der Waals surface area contributed by atoms with Crippen LogP contribution in [-0.2, 0) is 11.3 Å². The van der Waals surface area contributed by atoms with Crippen molar-refractivity contribution < 1.29 is 4.79 Å². The molecule has 0 spiro atoms. The van der Waals surface area contributed by atoms with Crippen LogP contribution in [-0.4, -0.2) is 28.7 Å². The van der Waals surface area contributed by atoms with Crippen LogP contribution in [0.2, 0.25) is 0 Å². The molecule has 3 N–H and O–H groups in total. The van der Waals surface area contributed by atoms with E-state index in [1.54, 1.807) is 6.20 Å². The minimum absolute atomic E-state index is 0.0853. The highest BCUT2D eigenvalue weighted by molar-refractivity contribution is 5.76. The Morgan fingerprint density at radius 2 is 2.40 bits per heavy atom. The zero-order valence-corrected chi connectivity index (χ0v) is 9.21. The lowest BCUT2D eigenvalue weighted by atomic mass is 10.3. The normalized spacial score (nSPS) is 10.6. The lowest BCUT2D eigenvalue weighted by molar-refractivity contribution is -0.121. The number of amides is 1. The molecule has 1 rings (SSSR count). The fraction of sp³-hybridized carbons (Fsp3) is 0.600. The summed E-state index contributed by atoms with van der Waals surface area (Å²) in [4.78, 5) is 11.2. The molecule has 0 saturated heterocycles. The van der Waals surface area contributed by atoms with Crippen molar-refractivity contribution >= 4 is 5.91 Å². The van der Waals surface area contributed by atoms with Gasteiger partial charge in [-0.15, -0.1) is 0 Å². The van der Waals surface area contributed by atoms with Crippen molar-refractivity contribution in [1.82, 2.24) is 20.8 Å². The van der Waals surface area contributed by atoms with E-state index in [0.717, 1.165) is 12.2 Å². The van der Waals surface area contributed by atoms with Crippen LogP contribution in [0.25, 0.3) is 0 Å². The first-order valence-electron chi connectivity index (χ1n) is 5.17. The Hall–Kier alpha value is -1.36. The van der Waals surface area contributed by atoms with E-state index < -0.39 is 0 Å². The molecule has 0 aliphatic carbocycles. The van der Waals surface area contributed by atoms with E-state index >= 15 is 0 Å². The topological polar surface area (TPSA) is 69.8 Å². The quantitative estimate of drug-likeness (QED) is 0.596. The summed E-state index contributed by atoms with van der Waals surface area (Å²) in [5.41, 5.74) is 1.03. The highest BCUT2D eigenvalue weighted by Gasteiger charge is 2.02. The molecule has 1 aromatic rings. The van der Waals surface area contributed by atoms with Gasteiger partial charge in [0.15, 0.2) is 0 Å². The summed E-state index contributed by atoms with van der Waals surface area (Å²) < 4.78 is 0. The summed E-state index contributed by atoms with van der Waals surface area (Å²) in [6.45, 7) is 5.30. The fourth-order valence-corrected chi connectivity index (χ4v) is 1.20. The monoisotopic (exact) mass is 210 g/mol. The van der Waals surface area contributed by atoms with E-state index in [4.69, 9.17) is 0 Å². The Kier molecular flexibility index (Phi) is 4.83. The molecule has 1 heterocycles. The van der Waals surface area contributed by atoms with Gasteiger partial charge in [-0.25, -0.2) is 0 Å². The SMILES string of the molecule is CC(C)NC(=O)CCNCc1ccn[nH]1. The van der Waals surface area contributed by atoms with E-state index in [2.05, 4.69) is 20.8 Å². The molecule has 0 aliphatic rings. The Labute approximate surface area is 89.6 Å². The zero-order chi connectivity index (χ0) is 11.1. The number of nitrogens with zero attached hydrogens (tertiary/aromatic N) is 1. The maximum Gasteiger partial charge on any atom is 0.221 e. The van der Waals surface area contributed by atoms with E-state index in [0.29, 0.717) is 13.0 Å². The average molecular weight is 210 g/mol. The largest absolute Gasteiger partial charge is 0.354 e. The minimum atomic E-state index is 0.0853. The number of aromatic amines is 1. The van der Waals surface area contributed by atoms with Crippen molar-refractivity contribution in [2.45, 2.75) is 32.9 Å². The van der Waals surface area contributed by atoms with Crippen LogP contribution in [0.1, 0.15) is 26.0 Å². The van der Waals surface area contributed by atoms with Crippen LogP contribution < -0.4 is 10.6 Å². The van der Waals surface area contributed by atoms with Crippen LogP contribution in [0.4, 0.5) is 0 Å². The van der Waals surface area contributed by atoms with Crippen molar-refractivity contribution in [1.29, 1.82) is 0 Å². The van der Waals surface area contributed by atoms with Gasteiger partial charge < -0.3 is 10.6 Å². The second kappa shape index (κ2) is 6.19. The van der Waals surface area contributed by atoms with Crippen molar-refractivity contribution in [3.8, 4) is 0 Å². The molecule has 0 bridgehead atoms. The van der Waals surface area contributed by atoms with Crippen LogP contribution in [0.5, 0.6) is 0 Å². The molecular formula is C10H18N4O. The first-order valence-corrected chi connectivity index (χ1v) is 5.17. The van der Waals surface area contributed by atoms with Gasteiger partial charge in [0.2, 0.25) is 5.91 Å². The Morgan fingerprint density at radius 1 is 1.60 bits per heavy atom. The molecule has 5 nitrogen and oxygen atoms in total. The van der Waals surface area contributed by atoms with E-state index in [9.17, 15) is 4.79 Å². The summed E-state index contributed by atoms with van der Waals surface area (Å²) >= 11 is 0. The zero-order valence-electron chi connectivity index (χ0n) is 9.21. The number of rotatable bonds is 6. The lowest BCUT2D eigenvalue weighted by Crippen LogP contribution is -2.32. The second-order valence-electron chi connectivity index (χ2n) is 3.73. The molecule has 1 aromatic heterocycles. The molecule has 0 radical (unpaired) electrons. The Balaban J connectivity index is 2.04. The first kappa shape index (κ1) is 11.7. The molecular weight excluding hydrogens is 192 g/mol. The highest BCUT2D eigenvalue weighted by Crippen LogP contribution is 1.90. The number of aromatic nitrogens is 2. The first-order chi connectivity index (χ1) is 7.18. The van der Waals surface area contributed by atoms with Crippen LogP contribution >= 0.6 is 0 Å². The minimum Gasteiger partial charge on any atom is -0.354 e. The molecule has 15 heavy (non-hydrogen) atoms. The smallest absolute Gasteiger partial charge is 0.221 e. The summed E-state index contributed by atoms with van der Waals surface area (Å²) in [5.74, 6) is 0.0853. The molecule has 1 amide bonds. The summed E-state index contributed by atoms with van der Waals surface area (Å²) in [5, 5.41) is 12.7. The molecule has 0 aromatic carbocycles. The summed E-state index contributed by atoms with van der Waals surface area (Å²) in [6.07, 6.45) is 2.22. The van der Waals surface area contributed by atoms with Gasteiger partial charge in [0.25, 0.3) is 0 Å². The van der Waals surface area contributed by atoms with Gasteiger partial charge in [-0.05, 0) is 19.9 Å². The molecule has 5 heteroatoms. The fourth-order valence-electron chi connectivity index (χ4n) is 1.20. The second-order valence-corrected chi connectivity index (χ2v) is 3.73. The highest BCUT2D eigenvalue weighted by atomic mass is 16.1. The molecule has 0 saturated carbocycles. The van der Waals surface area contributed by atoms with Crippen LogP contribution in [0, 0.1) is 0 Å². The van der Waals surface area contributed by atoms with E-state index in [1.165, 1.54) is 0 Å². The number of nitrogens with one attached hydrogen (secondary N) is 3. The molecule has 0 atom stereocenters. The van der Waals surface area contributed by atoms with Gasteiger partial charge in [0, 0.05) is 37.4 Å². The van der Waals surface area contributed by atoms with Crippen LogP contribution in [0.15, 0.2) is 12.3 Å². The predicted molar refractivity (Wildman–Crippen MR) is 58.2 cm³/mol. The van der Waals surface area contributed by atoms with Crippen molar-refractivity contribution in [3.63, 3.8) is 0 Å². The van der Waals surface area contributed by atoms with Gasteiger partial charge in [-0.1, -0.05) is 0 Å². The molecule has 0 fully saturated rings. The Morgan fingerprint density at radius 3 is 3.00 bits per heavy atom. The maximum absolute atomic E-state index is 11.2. The van der Waals surface area contributed by atoms with Gasteiger partial charge in [-0.3, -0.25) is 9.89 Å². The lowest BCUT2D eigenvalue weighted by Gasteiger charge is -2.08. The Bertz CT molecular complexity index is 282. The van der Waals surface area contributed by atoms with Crippen molar-refractivity contribution in [3.05, 3.63) is 18.0 Å². The molecule has 0 aliphatic heterocycles. The standard InChI is InChI=1S/C10H18N4O/c1-8(2)13-10(15)4-5-11-7-9-3-6-12-14-9/h3,6,8,11H,4-5,7H2,1-2H3,(H,12,14)(H,13,15). The average Bonchev–Trinajstić information content (AvgIpc) is 2.63. The predicted octanol–water partition coefficient (Wildman–Crippen LogP) is 0.414. The number of hydrogen-bond acceptors (Lipinski definition) is 3. The third-order valence-corrected chi connectivity index (χ3v) is 1.85. The molecule has 0 unspecified atom stereocenters. The summed E-state index contributed by atoms with van der Waals surface area (Å²) in [7, 11) is 0. The maximum atomic E-state index is 11.2. The van der Waals surface area contributed by atoms with Gasteiger partial charge in [0.05, 0.1) is 0 Å². The van der Waals surface area contributed by atoms with Crippen LogP contribution in [0.3, 0.4) is 0 Å². The van der Waals surface area contributed by atoms with Crippen molar-refractivity contribution in [2.24, 2.45) is 0 Å².